The molecule has 0 radical (unpaired) electrons. The van der Waals surface area contributed by atoms with Crippen molar-refractivity contribution in [3.63, 3.8) is 0 Å². The van der Waals surface area contributed by atoms with Gasteiger partial charge in [-0.05, 0) is 92.4 Å². The van der Waals surface area contributed by atoms with Gasteiger partial charge < -0.3 is 10.4 Å². The van der Waals surface area contributed by atoms with E-state index in [1.165, 1.54) is 31.2 Å². The van der Waals surface area contributed by atoms with Crippen molar-refractivity contribution in [2.45, 2.75) is 62.0 Å². The van der Waals surface area contributed by atoms with Crippen molar-refractivity contribution in [2.75, 3.05) is 6.54 Å². The Morgan fingerprint density at radius 1 is 1.04 bits per heavy atom. The fourth-order valence-corrected chi connectivity index (χ4v) is 6.98. The van der Waals surface area contributed by atoms with E-state index < -0.39 is 5.60 Å². The lowest BCUT2D eigenvalue weighted by Crippen LogP contribution is -2.63. The van der Waals surface area contributed by atoms with E-state index in [4.69, 9.17) is 0 Å². The molecule has 1 aromatic carbocycles. The summed E-state index contributed by atoms with van der Waals surface area (Å²) >= 11 is 0. The van der Waals surface area contributed by atoms with Gasteiger partial charge in [-0.1, -0.05) is 12.1 Å². The highest BCUT2D eigenvalue weighted by atomic mass is 19.1. The molecule has 3 heteroatoms. The maximum absolute atomic E-state index is 13.3. The van der Waals surface area contributed by atoms with E-state index in [0.717, 1.165) is 31.7 Å². The van der Waals surface area contributed by atoms with Crippen LogP contribution in [0.4, 0.5) is 4.39 Å². The van der Waals surface area contributed by atoms with Gasteiger partial charge in [0.05, 0.1) is 5.60 Å². The Bertz CT molecular complexity index is 591. The predicted octanol–water partition coefficient (Wildman–Crippen LogP) is 3.39. The van der Waals surface area contributed by atoms with Crippen LogP contribution in [0, 0.1) is 23.6 Å². The smallest absolute Gasteiger partial charge is 0.123 e. The van der Waals surface area contributed by atoms with Gasteiger partial charge in [0.15, 0.2) is 0 Å². The van der Waals surface area contributed by atoms with Crippen molar-refractivity contribution in [1.29, 1.82) is 0 Å². The highest BCUT2D eigenvalue weighted by molar-refractivity contribution is 5.32. The van der Waals surface area contributed by atoms with Crippen molar-refractivity contribution in [3.05, 3.63) is 35.6 Å². The maximum atomic E-state index is 13.3. The van der Waals surface area contributed by atoms with Crippen molar-refractivity contribution < 1.29 is 9.50 Å². The van der Waals surface area contributed by atoms with E-state index in [-0.39, 0.29) is 11.2 Å². The second-order valence-corrected chi connectivity index (χ2v) is 8.81. The van der Waals surface area contributed by atoms with Gasteiger partial charge >= 0.3 is 0 Å². The van der Waals surface area contributed by atoms with Crippen LogP contribution in [0.15, 0.2) is 24.3 Å². The number of benzene rings is 1. The summed E-state index contributed by atoms with van der Waals surface area (Å²) in [5.41, 5.74) is 0.864. The molecule has 0 amide bonds. The fourth-order valence-electron chi connectivity index (χ4n) is 6.98. The second-order valence-electron chi connectivity index (χ2n) is 8.81. The van der Waals surface area contributed by atoms with E-state index >= 15 is 0 Å². The quantitative estimate of drug-likeness (QED) is 0.877. The summed E-state index contributed by atoms with van der Waals surface area (Å²) in [5.74, 6) is 1.83. The first-order valence-electron chi connectivity index (χ1n) is 9.29. The summed E-state index contributed by atoms with van der Waals surface area (Å²) in [6.07, 6.45) is 7.81. The Kier molecular flexibility index (Phi) is 3.01. The van der Waals surface area contributed by atoms with E-state index in [0.29, 0.717) is 17.9 Å². The van der Waals surface area contributed by atoms with Crippen molar-refractivity contribution in [1.82, 2.24) is 5.32 Å². The normalized spacial score (nSPS) is 48.1. The van der Waals surface area contributed by atoms with Crippen LogP contribution in [0.2, 0.25) is 0 Å². The number of nitrogens with one attached hydrogen (secondary N) is 1. The van der Waals surface area contributed by atoms with Gasteiger partial charge in [0.2, 0.25) is 0 Å². The zero-order chi connectivity index (χ0) is 15.7. The molecule has 0 spiro atoms. The molecular weight excluding hydrogens is 289 g/mol. The first kappa shape index (κ1) is 14.4. The van der Waals surface area contributed by atoms with Gasteiger partial charge in [-0.3, -0.25) is 0 Å². The SMILES string of the molecule is OC12CC3C[C@](c4ccc(F)cc4)(CC(C1)[C@@H]3[C@H]1CCCN1)C2. The zero-order valence-electron chi connectivity index (χ0n) is 13.6. The first-order chi connectivity index (χ1) is 11.1. The summed E-state index contributed by atoms with van der Waals surface area (Å²) in [4.78, 5) is 0. The van der Waals surface area contributed by atoms with Crippen LogP contribution < -0.4 is 5.32 Å². The Balaban J connectivity index is 1.51. The summed E-state index contributed by atoms with van der Waals surface area (Å²) in [7, 11) is 0. The largest absolute Gasteiger partial charge is 0.390 e. The average molecular weight is 315 g/mol. The molecule has 2 unspecified atom stereocenters. The van der Waals surface area contributed by atoms with Gasteiger partial charge in [0.25, 0.3) is 0 Å². The van der Waals surface area contributed by atoms with Crippen LogP contribution in [0.25, 0.3) is 0 Å². The molecule has 4 saturated carbocycles. The summed E-state index contributed by atoms with van der Waals surface area (Å²) in [6, 6.07) is 7.78. The minimum absolute atomic E-state index is 0.0867. The van der Waals surface area contributed by atoms with Gasteiger partial charge in [-0.25, -0.2) is 4.39 Å². The third kappa shape index (κ3) is 2.12. The lowest BCUT2D eigenvalue weighted by Gasteiger charge is -2.64. The molecule has 4 bridgehead atoms. The predicted molar refractivity (Wildman–Crippen MR) is 87.6 cm³/mol. The van der Waals surface area contributed by atoms with E-state index in [1.807, 2.05) is 12.1 Å². The second kappa shape index (κ2) is 4.80. The average Bonchev–Trinajstić information content (AvgIpc) is 2.99. The molecule has 1 heterocycles. The van der Waals surface area contributed by atoms with Crippen LogP contribution in [0.5, 0.6) is 0 Å². The van der Waals surface area contributed by atoms with Gasteiger partial charge in [0, 0.05) is 6.04 Å². The lowest BCUT2D eigenvalue weighted by atomic mass is 9.42. The summed E-state index contributed by atoms with van der Waals surface area (Å²) in [6.45, 7) is 1.16. The number of halogens is 1. The molecule has 124 valence electrons. The molecule has 1 aromatic rings. The van der Waals surface area contributed by atoms with Crippen molar-refractivity contribution in [3.8, 4) is 0 Å². The first-order valence-corrected chi connectivity index (χ1v) is 9.29. The Morgan fingerprint density at radius 3 is 2.35 bits per heavy atom. The highest BCUT2D eigenvalue weighted by Crippen LogP contribution is 2.65. The zero-order valence-corrected chi connectivity index (χ0v) is 13.6. The Hall–Kier alpha value is -0.930. The molecular formula is C20H26FNO. The molecule has 23 heavy (non-hydrogen) atoms. The number of hydrogen-bond donors (Lipinski definition) is 2. The van der Waals surface area contributed by atoms with E-state index in [1.54, 1.807) is 12.1 Å². The lowest BCUT2D eigenvalue weighted by molar-refractivity contribution is -0.168. The molecule has 6 rings (SSSR count). The summed E-state index contributed by atoms with van der Waals surface area (Å²) < 4.78 is 13.3. The fraction of sp³-hybridized carbons (Fsp3) is 0.700. The van der Waals surface area contributed by atoms with E-state index in [9.17, 15) is 9.50 Å². The van der Waals surface area contributed by atoms with Gasteiger partial charge in [-0.15, -0.1) is 0 Å². The number of rotatable bonds is 2. The van der Waals surface area contributed by atoms with Gasteiger partial charge in [0.1, 0.15) is 5.82 Å². The molecule has 2 nitrogen and oxygen atoms in total. The Morgan fingerprint density at radius 2 is 1.74 bits per heavy atom. The monoisotopic (exact) mass is 315 g/mol. The summed E-state index contributed by atoms with van der Waals surface area (Å²) in [5, 5.41) is 14.9. The standard InChI is InChI=1S/C20H26FNO/c21-16-5-3-15(4-6-16)19-8-13-10-20(23,12-19)11-14(9-19)18(13)17-2-1-7-22-17/h3-6,13-14,17-18,22-23H,1-2,7-12H2/t13?,14?,17-,18-,19+,20?/m1/s1. The molecule has 1 aliphatic heterocycles. The molecule has 5 aliphatic rings. The molecule has 4 aliphatic carbocycles. The minimum atomic E-state index is -0.477. The molecule has 5 fully saturated rings. The van der Waals surface area contributed by atoms with Crippen LogP contribution in [-0.2, 0) is 5.41 Å². The van der Waals surface area contributed by atoms with Crippen LogP contribution in [0.1, 0.15) is 50.5 Å². The Labute approximate surface area is 137 Å². The third-order valence-electron chi connectivity index (χ3n) is 7.37. The van der Waals surface area contributed by atoms with Crippen molar-refractivity contribution in [2.24, 2.45) is 17.8 Å². The van der Waals surface area contributed by atoms with Crippen LogP contribution in [-0.4, -0.2) is 23.3 Å². The molecule has 0 aromatic heterocycles. The maximum Gasteiger partial charge on any atom is 0.123 e. The van der Waals surface area contributed by atoms with Crippen LogP contribution in [0.3, 0.4) is 0 Å². The van der Waals surface area contributed by atoms with Crippen molar-refractivity contribution >= 4 is 0 Å². The topological polar surface area (TPSA) is 32.3 Å². The molecule has 3 atom stereocenters. The number of aliphatic hydroxyl groups is 1. The highest BCUT2D eigenvalue weighted by Gasteiger charge is 2.62. The molecule has 2 N–H and O–H groups in total. The van der Waals surface area contributed by atoms with Crippen LogP contribution >= 0.6 is 0 Å². The third-order valence-corrected chi connectivity index (χ3v) is 7.37. The number of hydrogen-bond acceptors (Lipinski definition) is 2. The molecule has 1 saturated heterocycles. The minimum Gasteiger partial charge on any atom is -0.390 e. The van der Waals surface area contributed by atoms with E-state index in [2.05, 4.69) is 5.32 Å². The van der Waals surface area contributed by atoms with Gasteiger partial charge in [-0.2, -0.15) is 0 Å².